The largest absolute Gasteiger partial charge is 0.399 e. The van der Waals surface area contributed by atoms with E-state index in [0.717, 1.165) is 6.26 Å². The van der Waals surface area contributed by atoms with Crippen molar-refractivity contribution in [3.63, 3.8) is 0 Å². The molecule has 1 rings (SSSR count). The minimum Gasteiger partial charge on any atom is -0.399 e. The number of hydrogen-bond donors (Lipinski definition) is 1. The quantitative estimate of drug-likeness (QED) is 0.649. The number of hydrogen-bond acceptors (Lipinski definition) is 4. The summed E-state index contributed by atoms with van der Waals surface area (Å²) in [6.45, 7) is 0. The van der Waals surface area contributed by atoms with Gasteiger partial charge in [0.2, 0.25) is 0 Å². The molecule has 84 valence electrons. The highest BCUT2D eigenvalue weighted by molar-refractivity contribution is 8.00. The number of halogens is 1. The van der Waals surface area contributed by atoms with E-state index in [0.29, 0.717) is 16.3 Å². The Morgan fingerprint density at radius 1 is 1.47 bits per heavy atom. The number of nitrogens with two attached hydrogens (primary N) is 1. The van der Waals surface area contributed by atoms with E-state index in [1.54, 1.807) is 12.1 Å². The van der Waals surface area contributed by atoms with Gasteiger partial charge in [0.25, 0.3) is 0 Å². The van der Waals surface area contributed by atoms with Crippen molar-refractivity contribution in [1.29, 1.82) is 0 Å². The van der Waals surface area contributed by atoms with E-state index in [9.17, 15) is 12.8 Å². The number of sulfone groups is 1. The van der Waals surface area contributed by atoms with Gasteiger partial charge in [-0.3, -0.25) is 0 Å². The molecular weight excluding hydrogens is 237 g/mol. The molecule has 3 nitrogen and oxygen atoms in total. The standard InChI is InChI=1S/C9H12FNO2S2/c1-15(12,13)5-4-14-9-3-2-7(11)6-8(9)10/h2-3,6H,4-5,11H2,1H3. The number of rotatable bonds is 4. The van der Waals surface area contributed by atoms with E-state index in [-0.39, 0.29) is 5.75 Å². The second-order valence-electron chi connectivity index (χ2n) is 3.17. The molecule has 0 aliphatic rings. The average molecular weight is 249 g/mol. The lowest BCUT2D eigenvalue weighted by Gasteiger charge is -2.03. The maximum atomic E-state index is 13.2. The molecule has 0 saturated carbocycles. The lowest BCUT2D eigenvalue weighted by atomic mass is 10.3. The van der Waals surface area contributed by atoms with Crippen molar-refractivity contribution in [2.45, 2.75) is 4.90 Å². The van der Waals surface area contributed by atoms with Gasteiger partial charge in [0, 0.05) is 22.6 Å². The minimum absolute atomic E-state index is 0.0431. The van der Waals surface area contributed by atoms with Crippen LogP contribution in [0.3, 0.4) is 0 Å². The zero-order valence-electron chi connectivity index (χ0n) is 8.23. The predicted octanol–water partition coefficient (Wildman–Crippen LogP) is 1.54. The van der Waals surface area contributed by atoms with Crippen LogP contribution in [0.15, 0.2) is 23.1 Å². The fourth-order valence-corrected chi connectivity index (χ4v) is 3.06. The normalized spacial score (nSPS) is 11.6. The van der Waals surface area contributed by atoms with Gasteiger partial charge in [-0.15, -0.1) is 11.8 Å². The van der Waals surface area contributed by atoms with Gasteiger partial charge in [0.1, 0.15) is 15.7 Å². The molecule has 0 spiro atoms. The van der Waals surface area contributed by atoms with Crippen LogP contribution >= 0.6 is 11.8 Å². The third-order valence-corrected chi connectivity index (χ3v) is 3.92. The number of nitrogen functional groups attached to an aromatic ring is 1. The molecule has 2 N–H and O–H groups in total. The molecule has 0 heterocycles. The summed E-state index contributed by atoms with van der Waals surface area (Å²) in [7, 11) is -2.98. The molecule has 1 aromatic carbocycles. The summed E-state index contributed by atoms with van der Waals surface area (Å²) >= 11 is 1.17. The Kier molecular flexibility index (Phi) is 3.98. The first-order chi connectivity index (χ1) is 6.88. The molecule has 15 heavy (non-hydrogen) atoms. The molecule has 0 aromatic heterocycles. The van der Waals surface area contributed by atoms with Gasteiger partial charge < -0.3 is 5.73 Å². The van der Waals surface area contributed by atoms with Crippen LogP contribution in [0.5, 0.6) is 0 Å². The van der Waals surface area contributed by atoms with Gasteiger partial charge in [-0.25, -0.2) is 12.8 Å². The van der Waals surface area contributed by atoms with Crippen molar-refractivity contribution in [2.75, 3.05) is 23.5 Å². The molecule has 6 heteroatoms. The van der Waals surface area contributed by atoms with Crippen LogP contribution in [0, 0.1) is 5.82 Å². The van der Waals surface area contributed by atoms with Gasteiger partial charge in [0.15, 0.2) is 0 Å². The molecule has 0 bridgehead atoms. The fraction of sp³-hybridized carbons (Fsp3) is 0.333. The van der Waals surface area contributed by atoms with E-state index < -0.39 is 15.7 Å². The van der Waals surface area contributed by atoms with Gasteiger partial charge in [-0.1, -0.05) is 0 Å². The first kappa shape index (κ1) is 12.3. The summed E-state index contributed by atoms with van der Waals surface area (Å²) in [5.41, 5.74) is 5.74. The van der Waals surface area contributed by atoms with Gasteiger partial charge in [-0.2, -0.15) is 0 Å². The van der Waals surface area contributed by atoms with Crippen LogP contribution in [0.1, 0.15) is 0 Å². The Bertz CT molecular complexity index is 445. The molecule has 0 aliphatic heterocycles. The van der Waals surface area contributed by atoms with E-state index in [1.807, 2.05) is 0 Å². The lowest BCUT2D eigenvalue weighted by molar-refractivity contribution is 0.600. The Morgan fingerprint density at radius 2 is 2.13 bits per heavy atom. The first-order valence-electron chi connectivity index (χ1n) is 4.24. The molecular formula is C9H12FNO2S2. The molecule has 0 unspecified atom stereocenters. The third-order valence-electron chi connectivity index (χ3n) is 1.67. The van der Waals surface area contributed by atoms with Crippen LogP contribution in [0.4, 0.5) is 10.1 Å². The zero-order chi connectivity index (χ0) is 11.5. The lowest BCUT2D eigenvalue weighted by Crippen LogP contribution is -2.05. The average Bonchev–Trinajstić information content (AvgIpc) is 2.07. The summed E-state index contributed by atoms with van der Waals surface area (Å²) in [4.78, 5) is 0.424. The van der Waals surface area contributed by atoms with Gasteiger partial charge >= 0.3 is 0 Å². The summed E-state index contributed by atoms with van der Waals surface area (Å²) in [6, 6.07) is 4.37. The Labute approximate surface area is 92.8 Å². The van der Waals surface area contributed by atoms with Crippen LogP contribution in [-0.4, -0.2) is 26.2 Å². The second-order valence-corrected chi connectivity index (χ2v) is 6.56. The van der Waals surface area contributed by atoms with Gasteiger partial charge in [-0.05, 0) is 18.2 Å². The first-order valence-corrected chi connectivity index (χ1v) is 7.28. The van der Waals surface area contributed by atoms with Crippen LogP contribution < -0.4 is 5.73 Å². The summed E-state index contributed by atoms with van der Waals surface area (Å²) in [6.07, 6.45) is 1.16. The third kappa shape index (κ3) is 4.53. The summed E-state index contributed by atoms with van der Waals surface area (Å²) in [5.74, 6) is -0.0188. The highest BCUT2D eigenvalue weighted by Gasteiger charge is 2.06. The number of anilines is 1. The monoisotopic (exact) mass is 249 g/mol. The second kappa shape index (κ2) is 4.85. The van der Waals surface area contributed by atoms with Crippen LogP contribution in [0.25, 0.3) is 0 Å². The molecule has 1 aromatic rings. The number of thioether (sulfide) groups is 1. The summed E-state index contributed by atoms with van der Waals surface area (Å²) < 4.78 is 34.9. The summed E-state index contributed by atoms with van der Waals surface area (Å²) in [5, 5.41) is 0. The SMILES string of the molecule is CS(=O)(=O)CCSc1ccc(N)cc1F. The molecule has 0 aliphatic carbocycles. The maximum Gasteiger partial charge on any atom is 0.148 e. The molecule has 0 radical (unpaired) electrons. The Hall–Kier alpha value is -0.750. The molecule has 0 amide bonds. The van der Waals surface area contributed by atoms with Gasteiger partial charge in [0.05, 0.1) is 5.75 Å². The maximum absolute atomic E-state index is 13.2. The van der Waals surface area contributed by atoms with Crippen molar-refractivity contribution in [2.24, 2.45) is 0 Å². The van der Waals surface area contributed by atoms with E-state index in [4.69, 9.17) is 5.73 Å². The van der Waals surface area contributed by atoms with Crippen LogP contribution in [0.2, 0.25) is 0 Å². The topological polar surface area (TPSA) is 60.2 Å². The minimum atomic E-state index is -2.98. The van der Waals surface area contributed by atoms with Crippen molar-refractivity contribution >= 4 is 27.3 Å². The Morgan fingerprint density at radius 3 is 2.67 bits per heavy atom. The van der Waals surface area contributed by atoms with E-state index in [1.165, 1.54) is 17.8 Å². The van der Waals surface area contributed by atoms with E-state index in [2.05, 4.69) is 0 Å². The van der Waals surface area contributed by atoms with Crippen molar-refractivity contribution in [1.82, 2.24) is 0 Å². The molecule has 0 atom stereocenters. The molecule has 0 saturated heterocycles. The van der Waals surface area contributed by atoms with Crippen molar-refractivity contribution < 1.29 is 12.8 Å². The Balaban J connectivity index is 2.59. The highest BCUT2D eigenvalue weighted by atomic mass is 32.2. The van der Waals surface area contributed by atoms with E-state index >= 15 is 0 Å². The smallest absolute Gasteiger partial charge is 0.148 e. The number of benzene rings is 1. The predicted molar refractivity (Wildman–Crippen MR) is 61.2 cm³/mol. The van der Waals surface area contributed by atoms with Crippen molar-refractivity contribution in [3.05, 3.63) is 24.0 Å². The van der Waals surface area contributed by atoms with Crippen molar-refractivity contribution in [3.8, 4) is 0 Å². The molecule has 0 fully saturated rings. The fourth-order valence-electron chi connectivity index (χ4n) is 0.937. The van der Waals surface area contributed by atoms with Crippen LogP contribution in [-0.2, 0) is 9.84 Å². The highest BCUT2D eigenvalue weighted by Crippen LogP contribution is 2.23. The zero-order valence-corrected chi connectivity index (χ0v) is 9.87.